The van der Waals surface area contributed by atoms with Crippen LogP contribution in [-0.4, -0.2) is 54.1 Å². The highest BCUT2D eigenvalue weighted by Gasteiger charge is 2.20. The first-order chi connectivity index (χ1) is 13.3. The van der Waals surface area contributed by atoms with Crippen molar-refractivity contribution in [1.29, 1.82) is 0 Å². The lowest BCUT2D eigenvalue weighted by Crippen LogP contribution is -2.36. The van der Waals surface area contributed by atoms with E-state index in [2.05, 4.69) is 51.0 Å². The lowest BCUT2D eigenvalue weighted by Gasteiger charge is -2.32. The summed E-state index contributed by atoms with van der Waals surface area (Å²) < 4.78 is 3.82. The summed E-state index contributed by atoms with van der Waals surface area (Å²) in [5, 5.41) is 8.94. The summed E-state index contributed by atoms with van der Waals surface area (Å²) in [4.78, 5) is 11.3. The van der Waals surface area contributed by atoms with Gasteiger partial charge in [0, 0.05) is 12.5 Å². The maximum absolute atomic E-state index is 4.84. The highest BCUT2D eigenvalue weighted by molar-refractivity contribution is 5.15. The zero-order chi connectivity index (χ0) is 18.5. The van der Waals surface area contributed by atoms with Crippen LogP contribution in [0.3, 0.4) is 0 Å². The van der Waals surface area contributed by atoms with Gasteiger partial charge in [-0.15, -0.1) is 0 Å². The Labute approximate surface area is 160 Å². The van der Waals surface area contributed by atoms with E-state index in [0.717, 1.165) is 31.0 Å². The van der Waals surface area contributed by atoms with E-state index < -0.39 is 0 Å². The van der Waals surface area contributed by atoms with Crippen molar-refractivity contribution in [3.63, 3.8) is 0 Å². The van der Waals surface area contributed by atoms with Crippen LogP contribution in [0, 0.1) is 0 Å². The van der Waals surface area contributed by atoms with Gasteiger partial charge in [0.25, 0.3) is 0 Å². The van der Waals surface area contributed by atoms with Gasteiger partial charge in [0.05, 0.1) is 6.54 Å². The molecule has 1 aliphatic heterocycles. The molecule has 0 spiro atoms. The van der Waals surface area contributed by atoms with Crippen LogP contribution in [0.5, 0.6) is 0 Å². The molecule has 0 bridgehead atoms. The van der Waals surface area contributed by atoms with E-state index in [4.69, 9.17) is 10.1 Å². The second kappa shape index (κ2) is 8.43. The van der Waals surface area contributed by atoms with E-state index in [-0.39, 0.29) is 0 Å². The fourth-order valence-corrected chi connectivity index (χ4v) is 3.82. The highest BCUT2D eigenvalue weighted by Crippen LogP contribution is 2.19. The van der Waals surface area contributed by atoms with Gasteiger partial charge in [0.15, 0.2) is 5.82 Å². The Morgan fingerprint density at radius 2 is 2.00 bits per heavy atom. The first-order valence-electron chi connectivity index (χ1n) is 9.77. The second-order valence-corrected chi connectivity index (χ2v) is 7.35. The molecule has 7 nitrogen and oxygen atoms in total. The number of hydrogen-bond donors (Lipinski definition) is 0. The second-order valence-electron chi connectivity index (χ2n) is 7.35. The molecule has 7 heteroatoms. The molecule has 3 aromatic rings. The molecule has 3 heterocycles. The molecule has 0 amide bonds. The van der Waals surface area contributed by atoms with E-state index in [1.807, 2.05) is 6.07 Å². The van der Waals surface area contributed by atoms with Gasteiger partial charge in [-0.2, -0.15) is 10.2 Å². The minimum absolute atomic E-state index is 0.554. The molecular weight excluding hydrogens is 338 g/mol. The zero-order valence-corrected chi connectivity index (χ0v) is 15.9. The summed E-state index contributed by atoms with van der Waals surface area (Å²) in [5.74, 6) is 1.86. The van der Waals surface area contributed by atoms with E-state index in [1.54, 1.807) is 17.3 Å². The van der Waals surface area contributed by atoms with Gasteiger partial charge in [-0.1, -0.05) is 36.8 Å². The molecule has 2 aromatic heterocycles. The quantitative estimate of drug-likeness (QED) is 0.643. The summed E-state index contributed by atoms with van der Waals surface area (Å²) in [6.45, 7) is 2.51. The fourth-order valence-electron chi connectivity index (χ4n) is 3.82. The Kier molecular flexibility index (Phi) is 5.58. The Morgan fingerprint density at radius 1 is 1.11 bits per heavy atom. The van der Waals surface area contributed by atoms with Crippen molar-refractivity contribution in [3.8, 4) is 0 Å². The van der Waals surface area contributed by atoms with Gasteiger partial charge in [0.1, 0.15) is 25.0 Å². The smallest absolute Gasteiger partial charge is 0.172 e. The maximum Gasteiger partial charge on any atom is 0.172 e. The molecule has 0 radical (unpaired) electrons. The van der Waals surface area contributed by atoms with Crippen LogP contribution in [0.2, 0.25) is 0 Å². The van der Waals surface area contributed by atoms with Crippen molar-refractivity contribution in [2.24, 2.45) is 0 Å². The normalized spacial score (nSPS) is 18.0. The predicted octanol–water partition coefficient (Wildman–Crippen LogP) is 2.38. The van der Waals surface area contributed by atoms with Crippen LogP contribution >= 0.6 is 0 Å². The third kappa shape index (κ3) is 4.60. The number of piperidine rings is 1. The van der Waals surface area contributed by atoms with Crippen molar-refractivity contribution in [2.75, 3.05) is 13.6 Å². The summed E-state index contributed by atoms with van der Waals surface area (Å²) in [5.41, 5.74) is 1.24. The molecular formula is C20H27N7. The first kappa shape index (κ1) is 17.9. The number of nitrogens with zero attached hydrogens (tertiary/aromatic N) is 7. The van der Waals surface area contributed by atoms with Gasteiger partial charge in [-0.25, -0.2) is 19.3 Å². The summed E-state index contributed by atoms with van der Waals surface area (Å²) in [7, 11) is 2.24. The largest absolute Gasteiger partial charge is 0.303 e. The average Bonchev–Trinajstić information content (AvgIpc) is 3.32. The number of benzene rings is 1. The molecule has 0 saturated carbocycles. The van der Waals surface area contributed by atoms with Crippen molar-refractivity contribution in [2.45, 2.75) is 51.2 Å². The van der Waals surface area contributed by atoms with Crippen molar-refractivity contribution >= 4 is 0 Å². The first-order valence-corrected chi connectivity index (χ1v) is 9.77. The SMILES string of the molecule is CN1CCCC[C@H]1CCc1nc(Cn2cncn2)nn1Cc1ccccc1. The van der Waals surface area contributed by atoms with Crippen LogP contribution < -0.4 is 0 Å². The lowest BCUT2D eigenvalue weighted by molar-refractivity contribution is 0.175. The third-order valence-corrected chi connectivity index (χ3v) is 5.36. The molecule has 0 aliphatic carbocycles. The van der Waals surface area contributed by atoms with Crippen molar-refractivity contribution in [3.05, 3.63) is 60.2 Å². The predicted molar refractivity (Wildman–Crippen MR) is 103 cm³/mol. The molecule has 0 N–H and O–H groups in total. The van der Waals surface area contributed by atoms with Gasteiger partial charge in [-0.3, -0.25) is 0 Å². The van der Waals surface area contributed by atoms with Crippen LogP contribution in [-0.2, 0) is 19.5 Å². The van der Waals surface area contributed by atoms with Crippen LogP contribution in [0.4, 0.5) is 0 Å². The topological polar surface area (TPSA) is 64.7 Å². The number of aryl methyl sites for hydroxylation is 1. The minimum atomic E-state index is 0.554. The number of aromatic nitrogens is 6. The standard InChI is InChI=1S/C20H27N7/c1-25-12-6-5-9-18(25)10-11-20-23-19(14-26-16-21-15-22-26)24-27(20)13-17-7-3-2-4-8-17/h2-4,7-8,15-16,18H,5-6,9-14H2,1H3/t18-/m0/s1. The van der Waals surface area contributed by atoms with E-state index >= 15 is 0 Å². The monoisotopic (exact) mass is 365 g/mol. The molecule has 1 aromatic carbocycles. The van der Waals surface area contributed by atoms with E-state index in [1.165, 1.54) is 31.4 Å². The lowest BCUT2D eigenvalue weighted by atomic mass is 9.98. The Morgan fingerprint density at radius 3 is 2.78 bits per heavy atom. The van der Waals surface area contributed by atoms with E-state index in [0.29, 0.717) is 12.6 Å². The third-order valence-electron chi connectivity index (χ3n) is 5.36. The van der Waals surface area contributed by atoms with E-state index in [9.17, 15) is 0 Å². The summed E-state index contributed by atoms with van der Waals surface area (Å²) in [6.07, 6.45) is 9.27. The van der Waals surface area contributed by atoms with Gasteiger partial charge < -0.3 is 4.90 Å². The fraction of sp³-hybridized carbons (Fsp3) is 0.500. The Hall–Kier alpha value is -2.54. The molecule has 4 rings (SSSR count). The van der Waals surface area contributed by atoms with Crippen LogP contribution in [0.1, 0.15) is 42.9 Å². The minimum Gasteiger partial charge on any atom is -0.303 e. The molecule has 1 aliphatic rings. The van der Waals surface area contributed by atoms with Crippen molar-refractivity contribution in [1.82, 2.24) is 34.4 Å². The highest BCUT2D eigenvalue weighted by atomic mass is 15.4. The summed E-state index contributed by atoms with van der Waals surface area (Å²) >= 11 is 0. The molecule has 0 unspecified atom stereocenters. The number of rotatable bonds is 7. The summed E-state index contributed by atoms with van der Waals surface area (Å²) in [6, 6.07) is 11.1. The average molecular weight is 365 g/mol. The maximum atomic E-state index is 4.84. The molecule has 27 heavy (non-hydrogen) atoms. The van der Waals surface area contributed by atoms with Gasteiger partial charge >= 0.3 is 0 Å². The Balaban J connectivity index is 1.50. The number of hydrogen-bond acceptors (Lipinski definition) is 5. The van der Waals surface area contributed by atoms with Gasteiger partial charge in [-0.05, 0) is 38.4 Å². The zero-order valence-electron chi connectivity index (χ0n) is 15.9. The van der Waals surface area contributed by atoms with Crippen LogP contribution in [0.15, 0.2) is 43.0 Å². The number of likely N-dealkylation sites (tertiary alicyclic amines) is 1. The molecule has 142 valence electrons. The Bertz CT molecular complexity index is 825. The van der Waals surface area contributed by atoms with Crippen LogP contribution in [0.25, 0.3) is 0 Å². The molecule has 1 fully saturated rings. The van der Waals surface area contributed by atoms with Gasteiger partial charge in [0.2, 0.25) is 0 Å². The molecule has 1 atom stereocenters. The molecule has 1 saturated heterocycles. The van der Waals surface area contributed by atoms with Crippen molar-refractivity contribution < 1.29 is 0 Å².